The van der Waals surface area contributed by atoms with E-state index in [1.807, 2.05) is 0 Å². The van der Waals surface area contributed by atoms with Crippen molar-refractivity contribution in [1.29, 1.82) is 0 Å². The molecular weight excluding hydrogens is 252 g/mol. The van der Waals surface area contributed by atoms with Gasteiger partial charge in [-0.05, 0) is 61.8 Å². The zero-order valence-electron chi connectivity index (χ0n) is 11.5. The summed E-state index contributed by atoms with van der Waals surface area (Å²) in [5, 5.41) is 10.7. The summed E-state index contributed by atoms with van der Waals surface area (Å²) in [7, 11) is 0. The Morgan fingerprint density at radius 2 is 1.95 bits per heavy atom. The first-order valence-corrected chi connectivity index (χ1v) is 7.78. The lowest BCUT2D eigenvalue weighted by Gasteiger charge is -2.28. The fourth-order valence-electron chi connectivity index (χ4n) is 3.16. The number of aliphatic hydroxyl groups excluding tert-OH is 1. The molecule has 19 heavy (non-hydrogen) atoms. The summed E-state index contributed by atoms with van der Waals surface area (Å²) in [5.41, 5.74) is 4.13. The Morgan fingerprint density at radius 1 is 1.21 bits per heavy atom. The molecule has 0 bridgehead atoms. The SMILES string of the molecule is Cc1cc(C)c(C(O)C2CCc3ccccc3C2)s1. The zero-order chi connectivity index (χ0) is 13.4. The molecule has 0 aliphatic heterocycles. The first kappa shape index (κ1) is 12.9. The molecule has 3 rings (SSSR count). The third kappa shape index (κ3) is 2.47. The summed E-state index contributed by atoms with van der Waals surface area (Å²) in [6.07, 6.45) is 2.90. The molecule has 2 atom stereocenters. The molecule has 1 aliphatic rings. The van der Waals surface area contributed by atoms with Gasteiger partial charge in [-0.15, -0.1) is 11.3 Å². The van der Waals surface area contributed by atoms with Crippen LogP contribution >= 0.6 is 11.3 Å². The molecular formula is C17H20OS. The van der Waals surface area contributed by atoms with E-state index in [1.165, 1.54) is 26.4 Å². The Hall–Kier alpha value is -1.12. The Kier molecular flexibility index (Phi) is 3.46. The van der Waals surface area contributed by atoms with Gasteiger partial charge in [0.05, 0.1) is 6.10 Å². The van der Waals surface area contributed by atoms with Crippen LogP contribution in [0.25, 0.3) is 0 Å². The summed E-state index contributed by atoms with van der Waals surface area (Å²) in [6, 6.07) is 10.8. The fourth-order valence-corrected chi connectivity index (χ4v) is 4.28. The zero-order valence-corrected chi connectivity index (χ0v) is 12.3. The van der Waals surface area contributed by atoms with Crippen LogP contribution in [0.15, 0.2) is 30.3 Å². The minimum absolute atomic E-state index is 0.299. The van der Waals surface area contributed by atoms with E-state index in [9.17, 15) is 5.11 Å². The highest BCUT2D eigenvalue weighted by Crippen LogP contribution is 2.38. The Morgan fingerprint density at radius 3 is 2.63 bits per heavy atom. The van der Waals surface area contributed by atoms with Gasteiger partial charge in [0.25, 0.3) is 0 Å². The molecule has 2 heteroatoms. The number of rotatable bonds is 2. The van der Waals surface area contributed by atoms with Crippen LogP contribution in [0, 0.1) is 19.8 Å². The number of aryl methyl sites for hydroxylation is 3. The lowest BCUT2D eigenvalue weighted by Crippen LogP contribution is -2.21. The second-order valence-corrected chi connectivity index (χ2v) is 6.91. The minimum Gasteiger partial charge on any atom is -0.387 e. The average Bonchev–Trinajstić information content (AvgIpc) is 2.76. The van der Waals surface area contributed by atoms with E-state index in [1.54, 1.807) is 11.3 Å². The summed E-state index contributed by atoms with van der Waals surface area (Å²) in [6.45, 7) is 4.23. The molecule has 1 aromatic carbocycles. The van der Waals surface area contributed by atoms with Crippen molar-refractivity contribution >= 4 is 11.3 Å². The van der Waals surface area contributed by atoms with E-state index in [0.717, 1.165) is 19.3 Å². The Balaban J connectivity index is 1.83. The summed E-state index contributed by atoms with van der Waals surface area (Å²) in [4.78, 5) is 2.46. The van der Waals surface area contributed by atoms with Crippen LogP contribution in [0.5, 0.6) is 0 Å². The molecule has 0 fully saturated rings. The molecule has 0 spiro atoms. The number of aliphatic hydroxyl groups is 1. The molecule has 0 saturated heterocycles. The number of fused-ring (bicyclic) bond motifs is 1. The van der Waals surface area contributed by atoms with Crippen LogP contribution in [-0.2, 0) is 12.8 Å². The monoisotopic (exact) mass is 272 g/mol. The lowest BCUT2D eigenvalue weighted by molar-refractivity contribution is 0.102. The van der Waals surface area contributed by atoms with Crippen molar-refractivity contribution in [3.8, 4) is 0 Å². The van der Waals surface area contributed by atoms with Gasteiger partial charge in [0.1, 0.15) is 0 Å². The van der Waals surface area contributed by atoms with Gasteiger partial charge < -0.3 is 5.11 Å². The molecule has 0 saturated carbocycles. The topological polar surface area (TPSA) is 20.2 Å². The van der Waals surface area contributed by atoms with Crippen LogP contribution in [0.3, 0.4) is 0 Å². The van der Waals surface area contributed by atoms with Crippen molar-refractivity contribution in [3.63, 3.8) is 0 Å². The van der Waals surface area contributed by atoms with Gasteiger partial charge in [-0.2, -0.15) is 0 Å². The van der Waals surface area contributed by atoms with E-state index in [2.05, 4.69) is 44.2 Å². The quantitative estimate of drug-likeness (QED) is 0.868. The molecule has 1 nitrogen and oxygen atoms in total. The van der Waals surface area contributed by atoms with Crippen molar-refractivity contribution in [3.05, 3.63) is 56.8 Å². The van der Waals surface area contributed by atoms with Gasteiger partial charge in [-0.25, -0.2) is 0 Å². The Bertz CT molecular complexity index is 585. The maximum absolute atomic E-state index is 10.7. The number of benzene rings is 1. The summed E-state index contributed by atoms with van der Waals surface area (Å²) in [5.74, 6) is 0.367. The number of thiophene rings is 1. The number of hydrogen-bond donors (Lipinski definition) is 1. The highest BCUT2D eigenvalue weighted by molar-refractivity contribution is 7.12. The van der Waals surface area contributed by atoms with Crippen molar-refractivity contribution in [2.75, 3.05) is 0 Å². The van der Waals surface area contributed by atoms with Gasteiger partial charge in [-0.1, -0.05) is 24.3 Å². The van der Waals surface area contributed by atoms with Crippen LogP contribution in [0.2, 0.25) is 0 Å². The average molecular weight is 272 g/mol. The largest absolute Gasteiger partial charge is 0.387 e. The first-order chi connectivity index (χ1) is 9.15. The smallest absolute Gasteiger partial charge is 0.0916 e. The van der Waals surface area contributed by atoms with Gasteiger partial charge in [0.2, 0.25) is 0 Å². The van der Waals surface area contributed by atoms with Crippen molar-refractivity contribution in [1.82, 2.24) is 0 Å². The second-order valence-electron chi connectivity index (χ2n) is 5.62. The van der Waals surface area contributed by atoms with Gasteiger partial charge in [0.15, 0.2) is 0 Å². The van der Waals surface area contributed by atoms with Crippen molar-refractivity contribution in [2.45, 2.75) is 39.2 Å². The molecule has 1 N–H and O–H groups in total. The molecule has 1 heterocycles. The second kappa shape index (κ2) is 5.10. The van der Waals surface area contributed by atoms with E-state index in [4.69, 9.17) is 0 Å². The third-order valence-corrected chi connectivity index (χ3v) is 5.40. The molecule has 0 amide bonds. The Labute approximate surface area is 118 Å². The van der Waals surface area contributed by atoms with E-state index in [0.29, 0.717) is 5.92 Å². The maximum atomic E-state index is 10.7. The minimum atomic E-state index is -0.299. The predicted molar refractivity (Wildman–Crippen MR) is 80.7 cm³/mol. The van der Waals surface area contributed by atoms with Crippen LogP contribution < -0.4 is 0 Å². The third-order valence-electron chi connectivity index (χ3n) is 4.18. The molecule has 2 unspecified atom stereocenters. The highest BCUT2D eigenvalue weighted by Gasteiger charge is 2.27. The van der Waals surface area contributed by atoms with Crippen molar-refractivity contribution < 1.29 is 5.11 Å². The van der Waals surface area contributed by atoms with Crippen LogP contribution in [-0.4, -0.2) is 5.11 Å². The normalized spacial score (nSPS) is 20.1. The molecule has 1 aromatic heterocycles. The molecule has 100 valence electrons. The number of hydrogen-bond acceptors (Lipinski definition) is 2. The summed E-state index contributed by atoms with van der Waals surface area (Å²) >= 11 is 1.75. The van der Waals surface area contributed by atoms with E-state index in [-0.39, 0.29) is 6.10 Å². The summed E-state index contributed by atoms with van der Waals surface area (Å²) < 4.78 is 0. The van der Waals surface area contributed by atoms with E-state index >= 15 is 0 Å². The molecule has 1 aliphatic carbocycles. The highest BCUT2D eigenvalue weighted by atomic mass is 32.1. The standard InChI is InChI=1S/C17H20OS/c1-11-9-12(2)19-17(11)16(18)15-8-7-13-5-3-4-6-14(13)10-15/h3-6,9,15-16,18H,7-8,10H2,1-2H3. The predicted octanol–water partition coefficient (Wildman–Crippen LogP) is 4.20. The molecule has 2 aromatic rings. The lowest BCUT2D eigenvalue weighted by atomic mass is 9.80. The van der Waals surface area contributed by atoms with Gasteiger partial charge >= 0.3 is 0 Å². The van der Waals surface area contributed by atoms with Crippen molar-refractivity contribution in [2.24, 2.45) is 5.92 Å². The fraction of sp³-hybridized carbons (Fsp3) is 0.412. The van der Waals surface area contributed by atoms with Gasteiger partial charge in [0, 0.05) is 9.75 Å². The van der Waals surface area contributed by atoms with Gasteiger partial charge in [-0.3, -0.25) is 0 Å². The maximum Gasteiger partial charge on any atom is 0.0916 e. The first-order valence-electron chi connectivity index (χ1n) is 6.97. The van der Waals surface area contributed by atoms with Crippen LogP contribution in [0.1, 0.15) is 39.0 Å². The van der Waals surface area contributed by atoms with E-state index < -0.39 is 0 Å². The van der Waals surface area contributed by atoms with Crippen LogP contribution in [0.4, 0.5) is 0 Å². The molecule has 0 radical (unpaired) electrons.